The highest BCUT2D eigenvalue weighted by molar-refractivity contribution is 4.64. The minimum Gasteiger partial charge on any atom is -0.396 e. The van der Waals surface area contributed by atoms with Gasteiger partial charge in [0.2, 0.25) is 0 Å². The van der Waals surface area contributed by atoms with E-state index in [-0.39, 0.29) is 18.6 Å². The van der Waals surface area contributed by atoms with Crippen molar-refractivity contribution in [2.75, 3.05) is 6.61 Å². The summed E-state index contributed by atoms with van der Waals surface area (Å²) >= 11 is 0. The highest BCUT2D eigenvalue weighted by atomic mass is 16.3. The van der Waals surface area contributed by atoms with E-state index in [1.807, 2.05) is 6.92 Å². The van der Waals surface area contributed by atoms with E-state index < -0.39 is 0 Å². The first-order valence-corrected chi connectivity index (χ1v) is 4.90. The maximum Gasteiger partial charge on any atom is 0.0587 e. The standard InChI is InChI=1S/C10H22O2/c1-4-8(2)5-6-10(12)9(3)7-11/h8-12H,4-7H2,1-3H3/t8-,9+,10+/m1/s1. The van der Waals surface area contributed by atoms with Crippen molar-refractivity contribution in [1.82, 2.24) is 0 Å². The Morgan fingerprint density at radius 1 is 1.17 bits per heavy atom. The molecular weight excluding hydrogens is 152 g/mol. The fraction of sp³-hybridized carbons (Fsp3) is 1.00. The zero-order valence-corrected chi connectivity index (χ0v) is 8.45. The van der Waals surface area contributed by atoms with E-state index >= 15 is 0 Å². The fourth-order valence-corrected chi connectivity index (χ4v) is 1.07. The molecule has 2 heteroatoms. The van der Waals surface area contributed by atoms with Gasteiger partial charge in [-0.1, -0.05) is 27.2 Å². The topological polar surface area (TPSA) is 40.5 Å². The lowest BCUT2D eigenvalue weighted by Crippen LogP contribution is -2.21. The summed E-state index contributed by atoms with van der Waals surface area (Å²) in [4.78, 5) is 0. The Morgan fingerprint density at radius 3 is 2.17 bits per heavy atom. The summed E-state index contributed by atoms with van der Waals surface area (Å²) in [5, 5.41) is 18.3. The maximum absolute atomic E-state index is 9.50. The van der Waals surface area contributed by atoms with Gasteiger partial charge in [0.15, 0.2) is 0 Å². The van der Waals surface area contributed by atoms with Crippen LogP contribution in [0.4, 0.5) is 0 Å². The van der Waals surface area contributed by atoms with Crippen LogP contribution in [0.1, 0.15) is 40.0 Å². The summed E-state index contributed by atoms with van der Waals surface area (Å²) < 4.78 is 0. The minimum absolute atomic E-state index is 0.0223. The third-order valence-corrected chi connectivity index (χ3v) is 2.60. The molecule has 0 radical (unpaired) electrons. The van der Waals surface area contributed by atoms with Gasteiger partial charge in [0.05, 0.1) is 6.10 Å². The number of aliphatic hydroxyl groups excluding tert-OH is 2. The molecule has 0 aromatic heterocycles. The van der Waals surface area contributed by atoms with Gasteiger partial charge in [-0.2, -0.15) is 0 Å². The maximum atomic E-state index is 9.50. The van der Waals surface area contributed by atoms with Crippen molar-refractivity contribution >= 4 is 0 Å². The molecule has 2 N–H and O–H groups in total. The molecule has 2 nitrogen and oxygen atoms in total. The number of hydrogen-bond donors (Lipinski definition) is 2. The second kappa shape index (κ2) is 6.44. The van der Waals surface area contributed by atoms with Crippen molar-refractivity contribution in [2.24, 2.45) is 11.8 Å². The normalized spacial score (nSPS) is 18.8. The number of hydrogen-bond acceptors (Lipinski definition) is 2. The number of rotatable bonds is 6. The molecule has 0 saturated heterocycles. The van der Waals surface area contributed by atoms with Crippen molar-refractivity contribution in [2.45, 2.75) is 46.1 Å². The third-order valence-electron chi connectivity index (χ3n) is 2.60. The lowest BCUT2D eigenvalue weighted by Gasteiger charge is -2.17. The first-order valence-electron chi connectivity index (χ1n) is 4.90. The minimum atomic E-state index is -0.330. The van der Waals surface area contributed by atoms with Gasteiger partial charge in [0.25, 0.3) is 0 Å². The largest absolute Gasteiger partial charge is 0.396 e. The second-order valence-corrected chi connectivity index (χ2v) is 3.82. The molecule has 0 spiro atoms. The van der Waals surface area contributed by atoms with Crippen molar-refractivity contribution in [3.63, 3.8) is 0 Å². The molecule has 0 aliphatic carbocycles. The summed E-state index contributed by atoms with van der Waals surface area (Å²) in [7, 11) is 0. The summed E-state index contributed by atoms with van der Waals surface area (Å²) in [6.07, 6.45) is 2.71. The summed E-state index contributed by atoms with van der Waals surface area (Å²) in [6, 6.07) is 0. The summed E-state index contributed by atoms with van der Waals surface area (Å²) in [5.41, 5.74) is 0. The highest BCUT2D eigenvalue weighted by Crippen LogP contribution is 2.15. The first kappa shape index (κ1) is 11.9. The van der Waals surface area contributed by atoms with Crippen LogP contribution < -0.4 is 0 Å². The van der Waals surface area contributed by atoms with E-state index in [1.54, 1.807) is 0 Å². The van der Waals surface area contributed by atoms with Crippen molar-refractivity contribution in [1.29, 1.82) is 0 Å². The molecule has 3 atom stereocenters. The van der Waals surface area contributed by atoms with E-state index in [0.29, 0.717) is 5.92 Å². The Bertz CT molecular complexity index is 104. The van der Waals surface area contributed by atoms with Crippen molar-refractivity contribution < 1.29 is 10.2 Å². The van der Waals surface area contributed by atoms with E-state index in [1.165, 1.54) is 6.42 Å². The molecule has 0 aromatic rings. The third kappa shape index (κ3) is 4.73. The van der Waals surface area contributed by atoms with Crippen LogP contribution in [0.2, 0.25) is 0 Å². The average Bonchev–Trinajstić information content (AvgIpc) is 2.11. The molecule has 0 amide bonds. The SMILES string of the molecule is CC[C@@H](C)CC[C@H](O)[C@@H](C)CO. The molecule has 0 aliphatic rings. The predicted octanol–water partition coefficient (Wildman–Crippen LogP) is 1.80. The molecule has 0 rings (SSSR count). The molecule has 0 aliphatic heterocycles. The molecule has 0 heterocycles. The van der Waals surface area contributed by atoms with Gasteiger partial charge in [-0.05, 0) is 18.8 Å². The van der Waals surface area contributed by atoms with Crippen LogP contribution in [0.5, 0.6) is 0 Å². The molecular formula is C10H22O2. The van der Waals surface area contributed by atoms with Gasteiger partial charge in [-0.15, -0.1) is 0 Å². The van der Waals surface area contributed by atoms with Crippen LogP contribution in [0.15, 0.2) is 0 Å². The summed E-state index contributed by atoms with van der Waals surface area (Å²) in [5.74, 6) is 0.708. The highest BCUT2D eigenvalue weighted by Gasteiger charge is 2.13. The van der Waals surface area contributed by atoms with E-state index in [2.05, 4.69) is 13.8 Å². The van der Waals surface area contributed by atoms with E-state index in [4.69, 9.17) is 5.11 Å². The van der Waals surface area contributed by atoms with Crippen LogP contribution in [0.25, 0.3) is 0 Å². The Hall–Kier alpha value is -0.0800. The molecule has 0 bridgehead atoms. The monoisotopic (exact) mass is 174 g/mol. The van der Waals surface area contributed by atoms with Crippen LogP contribution in [0.3, 0.4) is 0 Å². The molecule has 12 heavy (non-hydrogen) atoms. The van der Waals surface area contributed by atoms with Gasteiger partial charge < -0.3 is 10.2 Å². The smallest absolute Gasteiger partial charge is 0.0587 e. The molecule has 0 unspecified atom stereocenters. The lowest BCUT2D eigenvalue weighted by atomic mass is 9.95. The van der Waals surface area contributed by atoms with Crippen LogP contribution in [-0.2, 0) is 0 Å². The van der Waals surface area contributed by atoms with Crippen LogP contribution in [0, 0.1) is 11.8 Å². The Morgan fingerprint density at radius 2 is 1.75 bits per heavy atom. The molecule has 0 saturated carbocycles. The zero-order valence-electron chi connectivity index (χ0n) is 8.45. The van der Waals surface area contributed by atoms with E-state index in [0.717, 1.165) is 12.8 Å². The Balaban J connectivity index is 3.49. The second-order valence-electron chi connectivity index (χ2n) is 3.82. The Kier molecular flexibility index (Phi) is 6.39. The van der Waals surface area contributed by atoms with Gasteiger partial charge in [-0.3, -0.25) is 0 Å². The zero-order chi connectivity index (χ0) is 9.56. The van der Waals surface area contributed by atoms with Gasteiger partial charge >= 0.3 is 0 Å². The number of aliphatic hydroxyl groups is 2. The van der Waals surface area contributed by atoms with Crippen LogP contribution in [-0.4, -0.2) is 22.9 Å². The Labute approximate surface area is 75.6 Å². The molecule has 0 fully saturated rings. The predicted molar refractivity (Wildman–Crippen MR) is 50.9 cm³/mol. The average molecular weight is 174 g/mol. The van der Waals surface area contributed by atoms with Gasteiger partial charge in [-0.25, -0.2) is 0 Å². The quantitative estimate of drug-likeness (QED) is 0.644. The van der Waals surface area contributed by atoms with Gasteiger partial charge in [0, 0.05) is 12.5 Å². The molecule has 74 valence electrons. The fourth-order valence-electron chi connectivity index (χ4n) is 1.07. The summed E-state index contributed by atoms with van der Waals surface area (Å²) in [6.45, 7) is 6.31. The lowest BCUT2D eigenvalue weighted by molar-refractivity contribution is 0.0657. The molecule has 0 aromatic carbocycles. The van der Waals surface area contributed by atoms with Gasteiger partial charge in [0.1, 0.15) is 0 Å². The van der Waals surface area contributed by atoms with Crippen molar-refractivity contribution in [3.8, 4) is 0 Å². The van der Waals surface area contributed by atoms with E-state index in [9.17, 15) is 5.11 Å². The van der Waals surface area contributed by atoms with Crippen LogP contribution >= 0.6 is 0 Å². The van der Waals surface area contributed by atoms with Crippen molar-refractivity contribution in [3.05, 3.63) is 0 Å². The first-order chi connectivity index (χ1) is 5.61.